The number of esters is 4. The number of fused-ring (bicyclic) bond motifs is 11. The fraction of sp³-hybridized carbons (Fsp3) is 0.333. The Morgan fingerprint density at radius 1 is 0.741 bits per heavy atom. The van der Waals surface area contributed by atoms with Gasteiger partial charge in [-0.3, -0.25) is 19.4 Å². The van der Waals surface area contributed by atoms with Gasteiger partial charge in [0.25, 0.3) is 0 Å². The van der Waals surface area contributed by atoms with Gasteiger partial charge in [0, 0.05) is 40.5 Å². The summed E-state index contributed by atoms with van der Waals surface area (Å²) in [7, 11) is 5.29. The maximum atomic E-state index is 13.7. The fourth-order valence-corrected chi connectivity index (χ4v) is 7.78. The van der Waals surface area contributed by atoms with Crippen LogP contribution in [-0.4, -0.2) is 72.3 Å². The second-order valence-electron chi connectivity index (χ2n) is 13.7. The van der Waals surface area contributed by atoms with Crippen LogP contribution in [0.3, 0.4) is 0 Å². The van der Waals surface area contributed by atoms with Crippen molar-refractivity contribution in [3.8, 4) is 0 Å². The summed E-state index contributed by atoms with van der Waals surface area (Å²) < 4.78 is 20.4. The molecular weight excluding hydrogens is 688 g/mol. The molecule has 54 heavy (non-hydrogen) atoms. The largest absolute Gasteiger partial charge is 0.469 e. The summed E-state index contributed by atoms with van der Waals surface area (Å²) in [5.74, 6) is -3.04. The Kier molecular flexibility index (Phi) is 10.3. The van der Waals surface area contributed by atoms with Crippen LogP contribution in [0.5, 0.6) is 0 Å². The number of methoxy groups -OCH3 is 4. The van der Waals surface area contributed by atoms with Gasteiger partial charge in [0.1, 0.15) is 5.92 Å². The van der Waals surface area contributed by atoms with E-state index in [0.29, 0.717) is 46.7 Å². The van der Waals surface area contributed by atoms with E-state index >= 15 is 0 Å². The molecule has 0 saturated heterocycles. The van der Waals surface area contributed by atoms with Gasteiger partial charge in [-0.1, -0.05) is 24.8 Å². The van der Waals surface area contributed by atoms with Crippen LogP contribution in [0.4, 0.5) is 0 Å². The number of carbonyl (C=O) groups excluding carboxylic acids is 4. The topological polar surface area (TPSA) is 163 Å². The second kappa shape index (κ2) is 14.8. The van der Waals surface area contributed by atoms with E-state index in [1.54, 1.807) is 18.2 Å². The summed E-state index contributed by atoms with van der Waals surface area (Å²) >= 11 is 0. The molecule has 6 rings (SSSR count). The summed E-state index contributed by atoms with van der Waals surface area (Å²) in [5.41, 5.74) is 10.4. The predicted octanol–water partition coefficient (Wildman–Crippen LogP) is 6.50. The summed E-state index contributed by atoms with van der Waals surface area (Å²) in [4.78, 5) is 69.0. The summed E-state index contributed by atoms with van der Waals surface area (Å²) in [6.07, 6.45) is 6.26. The van der Waals surface area contributed by atoms with Gasteiger partial charge in [-0.05, 0) is 98.2 Å². The van der Waals surface area contributed by atoms with Gasteiger partial charge >= 0.3 is 23.9 Å². The number of aromatic nitrogens is 4. The van der Waals surface area contributed by atoms with E-state index in [0.717, 1.165) is 50.0 Å². The molecule has 0 spiro atoms. The number of allylic oxidation sites excluding steroid dienone is 6. The van der Waals surface area contributed by atoms with Crippen molar-refractivity contribution >= 4 is 62.7 Å². The van der Waals surface area contributed by atoms with E-state index in [9.17, 15) is 19.2 Å². The van der Waals surface area contributed by atoms with Crippen LogP contribution < -0.4 is 0 Å². The minimum absolute atomic E-state index is 0.138. The van der Waals surface area contributed by atoms with Crippen LogP contribution in [0.1, 0.15) is 71.7 Å². The Labute approximate surface area is 313 Å². The predicted molar refractivity (Wildman–Crippen MR) is 205 cm³/mol. The lowest BCUT2D eigenvalue weighted by Crippen LogP contribution is -2.42. The molecule has 1 aliphatic carbocycles. The third-order valence-corrected chi connectivity index (χ3v) is 10.9. The van der Waals surface area contributed by atoms with Crippen LogP contribution in [0, 0.1) is 19.8 Å². The summed E-state index contributed by atoms with van der Waals surface area (Å²) in [5, 5.41) is 0. The molecule has 2 unspecified atom stereocenters. The van der Waals surface area contributed by atoms with Gasteiger partial charge < -0.3 is 28.9 Å². The van der Waals surface area contributed by atoms with E-state index < -0.39 is 23.3 Å². The number of H-pyrrole nitrogens is 2. The average Bonchev–Trinajstić information content (AvgIpc) is 3.82. The van der Waals surface area contributed by atoms with Crippen LogP contribution >= 0.6 is 0 Å². The smallest absolute Gasteiger partial charge is 0.334 e. The van der Waals surface area contributed by atoms with Crippen molar-refractivity contribution in [1.82, 2.24) is 19.9 Å². The second-order valence-corrected chi connectivity index (χ2v) is 13.7. The first kappa shape index (κ1) is 37.7. The molecule has 12 heteroatoms. The van der Waals surface area contributed by atoms with Crippen LogP contribution in [0.15, 0.2) is 54.6 Å². The van der Waals surface area contributed by atoms with E-state index in [-0.39, 0.29) is 30.4 Å². The van der Waals surface area contributed by atoms with Gasteiger partial charge in [-0.25, -0.2) is 9.78 Å². The van der Waals surface area contributed by atoms with Gasteiger partial charge in [-0.2, -0.15) is 0 Å². The van der Waals surface area contributed by atoms with Crippen molar-refractivity contribution in [1.29, 1.82) is 0 Å². The van der Waals surface area contributed by atoms with Crippen molar-refractivity contribution < 1.29 is 38.1 Å². The highest BCUT2D eigenvalue weighted by atomic mass is 16.5. The molecule has 2 atom stereocenters. The molecule has 2 aliphatic heterocycles. The summed E-state index contributed by atoms with van der Waals surface area (Å²) in [6.45, 7) is 11.9. The lowest BCUT2D eigenvalue weighted by atomic mass is 9.64. The van der Waals surface area contributed by atoms with E-state index in [2.05, 4.69) is 16.5 Å². The number of hydrogen-bond donors (Lipinski definition) is 2. The molecule has 0 amide bonds. The molecule has 12 nitrogen and oxygen atoms in total. The van der Waals surface area contributed by atoms with E-state index in [1.807, 2.05) is 52.0 Å². The molecule has 2 N–H and O–H groups in total. The Morgan fingerprint density at radius 2 is 1.33 bits per heavy atom. The molecule has 8 bridgehead atoms. The molecule has 0 radical (unpaired) electrons. The molecule has 5 heterocycles. The number of nitrogens with one attached hydrogen (secondary N) is 2. The lowest BCUT2D eigenvalue weighted by molar-refractivity contribution is -0.149. The normalized spacial score (nSPS) is 17.6. The maximum Gasteiger partial charge on any atom is 0.334 e. The van der Waals surface area contributed by atoms with Crippen molar-refractivity contribution in [2.24, 2.45) is 5.92 Å². The minimum atomic E-state index is -1.17. The minimum Gasteiger partial charge on any atom is -0.469 e. The highest BCUT2D eigenvalue weighted by Gasteiger charge is 2.53. The Morgan fingerprint density at radius 3 is 1.87 bits per heavy atom. The van der Waals surface area contributed by atoms with Gasteiger partial charge in [-0.15, -0.1) is 0 Å². The standard InChI is InChI=1S/C42H44N4O8/c1-10-24-21(2)29-17-30-22(3)25(12-15-37(47)51-6)33(44-30)18-34-26(13-16-38(48)52-7)23(4)31(45-34)20-36-42(5)28(35(46-36)19-32(24)43-29)14-11-27(40(49)53-8)39(42)41(50)54-9/h10-11,14,17-20,39,44-45H,1,12-13,15-16H2,2-9H3. The summed E-state index contributed by atoms with van der Waals surface area (Å²) in [6, 6.07) is 7.72. The molecule has 0 fully saturated rings. The highest BCUT2D eigenvalue weighted by molar-refractivity contribution is 6.02. The first-order valence-electron chi connectivity index (χ1n) is 17.6. The molecule has 3 aromatic rings. The first-order chi connectivity index (χ1) is 25.8. The van der Waals surface area contributed by atoms with Crippen molar-refractivity contribution in [3.05, 3.63) is 99.7 Å². The highest BCUT2D eigenvalue weighted by Crippen LogP contribution is 2.52. The lowest BCUT2D eigenvalue weighted by Gasteiger charge is -2.36. The molecular formula is C42H44N4O8. The monoisotopic (exact) mass is 732 g/mol. The van der Waals surface area contributed by atoms with Gasteiger partial charge in [0.05, 0.1) is 62.2 Å². The Balaban J connectivity index is 1.77. The Bertz CT molecular complexity index is 2390. The zero-order valence-electron chi connectivity index (χ0n) is 31.8. The average molecular weight is 733 g/mol. The van der Waals surface area contributed by atoms with E-state index in [4.69, 9.17) is 28.9 Å². The fourth-order valence-electron chi connectivity index (χ4n) is 7.78. The maximum absolute atomic E-state index is 13.7. The number of ether oxygens (including phenoxy) is 4. The molecule has 0 saturated carbocycles. The van der Waals surface area contributed by atoms with Crippen molar-refractivity contribution in [2.45, 2.75) is 58.8 Å². The number of hydrogen-bond acceptors (Lipinski definition) is 10. The van der Waals surface area contributed by atoms with Crippen LogP contribution in [0.25, 0.3) is 38.8 Å². The third-order valence-electron chi connectivity index (χ3n) is 10.9. The van der Waals surface area contributed by atoms with E-state index in [1.165, 1.54) is 28.4 Å². The van der Waals surface area contributed by atoms with Gasteiger partial charge in [0.2, 0.25) is 0 Å². The van der Waals surface area contributed by atoms with Gasteiger partial charge in [0.15, 0.2) is 0 Å². The third kappa shape index (κ3) is 6.35. The number of aromatic amines is 2. The number of carbonyl (C=O) groups is 4. The molecule has 3 aliphatic rings. The number of rotatable bonds is 9. The molecule has 3 aromatic heterocycles. The van der Waals surface area contributed by atoms with Crippen LogP contribution in [0.2, 0.25) is 0 Å². The number of aryl methyl sites for hydroxylation is 4. The quantitative estimate of drug-likeness (QED) is 0.183. The molecule has 280 valence electrons. The zero-order chi connectivity index (χ0) is 39.1. The Hall–Kier alpha value is -6.04. The molecule has 0 aromatic carbocycles. The van der Waals surface area contributed by atoms with Crippen LogP contribution in [-0.2, 0) is 56.4 Å². The first-order valence-corrected chi connectivity index (χ1v) is 17.6. The number of nitrogens with zero attached hydrogens (tertiary/aromatic N) is 2. The zero-order valence-corrected chi connectivity index (χ0v) is 31.8. The van der Waals surface area contributed by atoms with Crippen molar-refractivity contribution in [2.75, 3.05) is 28.4 Å². The SMILES string of the molecule is C=CC1=C(C)c2cc3[nH]c(cc4[nH]c(cc5nc(cc1n2)C1=CC=C(C(=O)OC)C(C(=O)OC)C15C)c(C)c4CCC(=O)OC)c(CCC(=O)OC)c3C. The van der Waals surface area contributed by atoms with Crippen molar-refractivity contribution in [3.63, 3.8) is 0 Å².